The Balaban J connectivity index is 1.55. The van der Waals surface area contributed by atoms with Gasteiger partial charge < -0.3 is 19.4 Å². The molecule has 2 aromatic heterocycles. The van der Waals surface area contributed by atoms with Gasteiger partial charge in [0.15, 0.2) is 5.76 Å². The van der Waals surface area contributed by atoms with Gasteiger partial charge in [0.05, 0.1) is 23.5 Å². The first-order valence-electron chi connectivity index (χ1n) is 8.56. The molecular weight excluding hydrogens is 403 g/mol. The molecule has 3 aromatic rings. The van der Waals surface area contributed by atoms with Crippen molar-refractivity contribution in [1.82, 2.24) is 14.7 Å². The third kappa shape index (κ3) is 5.51. The molecule has 0 atom stereocenters. The predicted molar refractivity (Wildman–Crippen MR) is 108 cm³/mol. The Hall–Kier alpha value is -2.48. The number of halogens is 2. The summed E-state index contributed by atoms with van der Waals surface area (Å²) in [6.45, 7) is 1.73. The van der Waals surface area contributed by atoms with Crippen LogP contribution in [0.5, 0.6) is 5.75 Å². The summed E-state index contributed by atoms with van der Waals surface area (Å²) in [5.41, 5.74) is 0.603. The van der Waals surface area contributed by atoms with Crippen molar-refractivity contribution in [2.24, 2.45) is 0 Å². The number of carbonyl (C=O) groups is 1. The van der Waals surface area contributed by atoms with Crippen LogP contribution in [0.1, 0.15) is 16.3 Å². The lowest BCUT2D eigenvalue weighted by molar-refractivity contribution is 0.0992. The maximum atomic E-state index is 12.3. The van der Waals surface area contributed by atoms with Crippen molar-refractivity contribution < 1.29 is 13.9 Å². The van der Waals surface area contributed by atoms with E-state index < -0.39 is 0 Å². The topological polar surface area (TPSA) is 72.5 Å². The van der Waals surface area contributed by atoms with E-state index in [1.54, 1.807) is 47.4 Å². The number of aromatic nitrogens is 2. The molecule has 0 aliphatic rings. The monoisotopic (exact) mass is 422 g/mol. The number of anilines is 1. The number of carbonyl (C=O) groups excluding carboxylic acids is 1. The molecule has 28 heavy (non-hydrogen) atoms. The molecule has 1 aromatic carbocycles. The lowest BCUT2D eigenvalue weighted by atomic mass is 10.3. The third-order valence-electron chi connectivity index (χ3n) is 3.82. The van der Waals surface area contributed by atoms with E-state index in [0.717, 1.165) is 13.1 Å². The lowest BCUT2D eigenvalue weighted by Gasteiger charge is -2.08. The van der Waals surface area contributed by atoms with Gasteiger partial charge in [-0.25, -0.2) is 0 Å². The normalized spacial score (nSPS) is 11.0. The highest BCUT2D eigenvalue weighted by Gasteiger charge is 2.13. The van der Waals surface area contributed by atoms with E-state index in [2.05, 4.69) is 15.3 Å². The number of hydrogen-bond acceptors (Lipinski definition) is 5. The molecule has 9 heteroatoms. The largest absolute Gasteiger partial charge is 0.484 e. The Morgan fingerprint density at radius 2 is 2.11 bits per heavy atom. The van der Waals surface area contributed by atoms with E-state index in [1.165, 1.54) is 0 Å². The quantitative estimate of drug-likeness (QED) is 0.589. The molecule has 0 bridgehead atoms. The van der Waals surface area contributed by atoms with Crippen LogP contribution < -0.4 is 10.1 Å². The van der Waals surface area contributed by atoms with Crippen LogP contribution in [0.4, 0.5) is 5.69 Å². The second-order valence-corrected chi connectivity index (χ2v) is 7.22. The van der Waals surface area contributed by atoms with E-state index >= 15 is 0 Å². The standard InChI is InChI=1S/C19H20Cl2N4O3/c1-24(2)7-8-25-11-14(10-22-25)23-19(26)18-6-4-15(28-18)12-27-17-5-3-13(20)9-16(17)21/h3-6,9-11H,7-8,12H2,1-2H3,(H,23,26). The van der Waals surface area contributed by atoms with Crippen LogP contribution in [0.2, 0.25) is 10.0 Å². The first-order chi connectivity index (χ1) is 13.4. The number of ether oxygens (including phenoxy) is 1. The minimum absolute atomic E-state index is 0.136. The molecule has 0 saturated carbocycles. The first-order valence-corrected chi connectivity index (χ1v) is 9.31. The van der Waals surface area contributed by atoms with Crippen LogP contribution >= 0.6 is 23.2 Å². The average molecular weight is 423 g/mol. The van der Waals surface area contributed by atoms with E-state index in [1.807, 2.05) is 14.1 Å². The summed E-state index contributed by atoms with van der Waals surface area (Å²) in [7, 11) is 3.98. The molecule has 7 nitrogen and oxygen atoms in total. The van der Waals surface area contributed by atoms with E-state index in [4.69, 9.17) is 32.4 Å². The molecule has 0 aliphatic heterocycles. The number of nitrogens with zero attached hydrogens (tertiary/aromatic N) is 3. The number of amides is 1. The second-order valence-electron chi connectivity index (χ2n) is 6.38. The number of benzene rings is 1. The summed E-state index contributed by atoms with van der Waals surface area (Å²) in [6, 6.07) is 8.23. The molecule has 0 fully saturated rings. The van der Waals surface area contributed by atoms with Crippen molar-refractivity contribution in [2.75, 3.05) is 26.0 Å². The summed E-state index contributed by atoms with van der Waals surface area (Å²) < 4.78 is 12.9. The average Bonchev–Trinajstić information content (AvgIpc) is 3.28. The molecule has 0 saturated heterocycles. The van der Waals surface area contributed by atoms with Crippen LogP contribution in [-0.2, 0) is 13.2 Å². The SMILES string of the molecule is CN(C)CCn1cc(NC(=O)c2ccc(COc3ccc(Cl)cc3Cl)o2)cn1. The van der Waals surface area contributed by atoms with E-state index in [9.17, 15) is 4.79 Å². The fourth-order valence-electron chi connectivity index (χ4n) is 2.36. The number of likely N-dealkylation sites (N-methyl/N-ethyl adjacent to an activating group) is 1. The van der Waals surface area contributed by atoms with Crippen LogP contribution in [0.15, 0.2) is 47.1 Å². The summed E-state index contributed by atoms with van der Waals surface area (Å²) >= 11 is 11.9. The molecular formula is C19H20Cl2N4O3. The first kappa shape index (κ1) is 20.3. The summed E-state index contributed by atoms with van der Waals surface area (Å²) in [5.74, 6) is 0.807. The number of rotatable bonds is 8. The lowest BCUT2D eigenvalue weighted by Crippen LogP contribution is -2.18. The van der Waals surface area contributed by atoms with E-state index in [-0.39, 0.29) is 18.3 Å². The van der Waals surface area contributed by atoms with E-state index in [0.29, 0.717) is 27.2 Å². The highest BCUT2D eigenvalue weighted by Crippen LogP contribution is 2.28. The minimum atomic E-state index is -0.358. The van der Waals surface area contributed by atoms with Gasteiger partial charge in [-0.1, -0.05) is 23.2 Å². The van der Waals surface area contributed by atoms with Gasteiger partial charge in [0.2, 0.25) is 0 Å². The van der Waals surface area contributed by atoms with Crippen molar-refractivity contribution >= 4 is 34.8 Å². The molecule has 148 valence electrons. The summed E-state index contributed by atoms with van der Waals surface area (Å²) in [4.78, 5) is 14.4. The highest BCUT2D eigenvalue weighted by atomic mass is 35.5. The zero-order chi connectivity index (χ0) is 20.1. The van der Waals surface area contributed by atoms with Gasteiger partial charge in [0.1, 0.15) is 18.1 Å². The second kappa shape index (κ2) is 9.14. The zero-order valence-electron chi connectivity index (χ0n) is 15.5. The van der Waals surface area contributed by atoms with Crippen molar-refractivity contribution in [1.29, 1.82) is 0 Å². The Morgan fingerprint density at radius 1 is 1.29 bits per heavy atom. The molecule has 3 rings (SSSR count). The van der Waals surface area contributed by atoms with Gasteiger partial charge in [0, 0.05) is 17.8 Å². The van der Waals surface area contributed by atoms with Gasteiger partial charge >= 0.3 is 0 Å². The predicted octanol–water partition coefficient (Wildman–Crippen LogP) is 4.18. The van der Waals surface area contributed by atoms with Crippen molar-refractivity contribution in [3.8, 4) is 5.75 Å². The van der Waals surface area contributed by atoms with Crippen LogP contribution in [0, 0.1) is 0 Å². The van der Waals surface area contributed by atoms with Crippen LogP contribution in [0.3, 0.4) is 0 Å². The maximum Gasteiger partial charge on any atom is 0.291 e. The smallest absolute Gasteiger partial charge is 0.291 e. The Labute approximate surface area is 172 Å². The summed E-state index contributed by atoms with van der Waals surface area (Å²) in [5, 5.41) is 7.92. The molecule has 0 spiro atoms. The van der Waals surface area contributed by atoms with Gasteiger partial charge in [-0.3, -0.25) is 9.48 Å². The maximum absolute atomic E-state index is 12.3. The highest BCUT2D eigenvalue weighted by molar-refractivity contribution is 6.35. The zero-order valence-corrected chi connectivity index (χ0v) is 17.0. The van der Waals surface area contributed by atoms with Gasteiger partial charge in [-0.15, -0.1) is 0 Å². The minimum Gasteiger partial charge on any atom is -0.484 e. The molecule has 1 N–H and O–H groups in total. The molecule has 0 unspecified atom stereocenters. The number of hydrogen-bond donors (Lipinski definition) is 1. The van der Waals surface area contributed by atoms with Gasteiger partial charge in [-0.2, -0.15) is 5.10 Å². The van der Waals surface area contributed by atoms with Crippen molar-refractivity contribution in [2.45, 2.75) is 13.2 Å². The Morgan fingerprint density at radius 3 is 2.86 bits per heavy atom. The third-order valence-corrected chi connectivity index (χ3v) is 4.35. The van der Waals surface area contributed by atoms with Crippen LogP contribution in [-0.4, -0.2) is 41.2 Å². The number of nitrogens with one attached hydrogen (secondary N) is 1. The van der Waals surface area contributed by atoms with Crippen molar-refractivity contribution in [3.63, 3.8) is 0 Å². The summed E-state index contributed by atoms with van der Waals surface area (Å²) in [6.07, 6.45) is 3.37. The molecule has 1 amide bonds. The molecule has 2 heterocycles. The van der Waals surface area contributed by atoms with Gasteiger partial charge in [-0.05, 0) is 44.4 Å². The Kier molecular flexibility index (Phi) is 6.61. The number of furan rings is 1. The fourth-order valence-corrected chi connectivity index (χ4v) is 2.83. The van der Waals surface area contributed by atoms with Crippen molar-refractivity contribution in [3.05, 3.63) is 64.3 Å². The van der Waals surface area contributed by atoms with Gasteiger partial charge in [0.25, 0.3) is 5.91 Å². The molecule has 0 radical (unpaired) electrons. The Bertz CT molecular complexity index is 952. The fraction of sp³-hybridized carbons (Fsp3) is 0.263. The van der Waals surface area contributed by atoms with Crippen LogP contribution in [0.25, 0.3) is 0 Å². The molecule has 0 aliphatic carbocycles.